The molecule has 10 nitrogen and oxygen atoms in total. The van der Waals surface area contributed by atoms with Crippen LogP contribution in [-0.4, -0.2) is 46.1 Å². The fourth-order valence-electron chi connectivity index (χ4n) is 4.00. The molecule has 4 aromatic heterocycles. The molecule has 0 bridgehead atoms. The maximum atomic E-state index is 11.4. The van der Waals surface area contributed by atoms with E-state index < -0.39 is 11.6 Å². The van der Waals surface area contributed by atoms with Crippen molar-refractivity contribution >= 4 is 22.8 Å². The molecular formula is C22H22N6O4. The van der Waals surface area contributed by atoms with Crippen molar-refractivity contribution in [2.24, 2.45) is 5.73 Å². The summed E-state index contributed by atoms with van der Waals surface area (Å²) in [5.41, 5.74) is 8.66. The molecule has 1 fully saturated rings. The minimum atomic E-state index is -0.697. The van der Waals surface area contributed by atoms with E-state index in [1.165, 1.54) is 0 Å². The summed E-state index contributed by atoms with van der Waals surface area (Å²) in [5, 5.41) is 8.11. The molecule has 4 aromatic rings. The quantitative estimate of drug-likeness (QED) is 0.493. The van der Waals surface area contributed by atoms with Crippen molar-refractivity contribution in [1.29, 1.82) is 0 Å². The van der Waals surface area contributed by atoms with Gasteiger partial charge in [-0.3, -0.25) is 5.32 Å². The Bertz CT molecular complexity index is 1290. The van der Waals surface area contributed by atoms with Crippen LogP contribution in [-0.2, 0) is 15.1 Å². The Morgan fingerprint density at radius 2 is 2.22 bits per heavy atom. The number of carbonyl (C=O) groups excluding carboxylic acids is 1. The molecule has 5 heterocycles. The number of nitrogens with one attached hydrogen (secondary N) is 1. The Hall–Kier alpha value is -3.76. The zero-order chi connectivity index (χ0) is 22.3. The molecule has 3 N–H and O–H groups in total. The molecule has 0 saturated carbocycles. The Morgan fingerprint density at radius 1 is 1.34 bits per heavy atom. The third-order valence-electron chi connectivity index (χ3n) is 5.63. The van der Waals surface area contributed by atoms with Crippen LogP contribution in [0.5, 0.6) is 0 Å². The lowest BCUT2D eigenvalue weighted by molar-refractivity contribution is -0.0246. The average molecular weight is 434 g/mol. The van der Waals surface area contributed by atoms with Crippen LogP contribution in [0.15, 0.2) is 47.4 Å². The van der Waals surface area contributed by atoms with Gasteiger partial charge in [0.1, 0.15) is 17.1 Å². The molecule has 10 heteroatoms. The lowest BCUT2D eigenvalue weighted by atomic mass is 9.97. The van der Waals surface area contributed by atoms with E-state index in [0.29, 0.717) is 36.1 Å². The Kier molecular flexibility index (Phi) is 4.87. The summed E-state index contributed by atoms with van der Waals surface area (Å²) in [7, 11) is 1.67. The number of hydrogen-bond donors (Lipinski definition) is 2. The number of furan rings is 1. The highest BCUT2D eigenvalue weighted by Gasteiger charge is 2.38. The van der Waals surface area contributed by atoms with Crippen molar-refractivity contribution in [3.63, 3.8) is 0 Å². The van der Waals surface area contributed by atoms with Crippen molar-refractivity contribution in [1.82, 2.24) is 19.7 Å². The summed E-state index contributed by atoms with van der Waals surface area (Å²) in [6.07, 6.45) is 5.56. The third-order valence-corrected chi connectivity index (χ3v) is 5.63. The van der Waals surface area contributed by atoms with Gasteiger partial charge in [0.15, 0.2) is 5.82 Å². The van der Waals surface area contributed by atoms with Crippen molar-refractivity contribution in [3.05, 3.63) is 54.2 Å². The van der Waals surface area contributed by atoms with Gasteiger partial charge in [0.05, 0.1) is 30.3 Å². The summed E-state index contributed by atoms with van der Waals surface area (Å²) >= 11 is 0. The molecule has 0 radical (unpaired) electrons. The number of fused-ring (bicyclic) bond motifs is 1. The molecule has 164 valence electrons. The van der Waals surface area contributed by atoms with Gasteiger partial charge in [0.25, 0.3) is 0 Å². The first-order valence-corrected chi connectivity index (χ1v) is 10.1. The second-order valence-electron chi connectivity index (χ2n) is 7.74. The molecule has 0 spiro atoms. The number of nitrogens with two attached hydrogens (primary N) is 1. The first-order chi connectivity index (χ1) is 15.5. The number of anilines is 1. The number of primary amides is 1. The summed E-state index contributed by atoms with van der Waals surface area (Å²) in [6.45, 7) is 3.05. The lowest BCUT2D eigenvalue weighted by Crippen LogP contribution is -2.30. The maximum absolute atomic E-state index is 11.4. The van der Waals surface area contributed by atoms with Crippen LogP contribution in [0.25, 0.3) is 28.0 Å². The molecule has 0 aliphatic carbocycles. The minimum absolute atomic E-state index is 0.315. The van der Waals surface area contributed by atoms with Crippen LogP contribution in [0, 0.1) is 6.92 Å². The van der Waals surface area contributed by atoms with E-state index in [4.69, 9.17) is 29.7 Å². The molecule has 1 aliphatic rings. The molecule has 1 saturated heterocycles. The number of ether oxygens (including phenoxy) is 2. The Balaban J connectivity index is 1.72. The number of methoxy groups -OCH3 is 1. The fourth-order valence-corrected chi connectivity index (χ4v) is 4.00. The van der Waals surface area contributed by atoms with Gasteiger partial charge in [-0.1, -0.05) is 0 Å². The normalized spacial score (nSPS) is 18.3. The second-order valence-corrected chi connectivity index (χ2v) is 7.74. The smallest absolute Gasteiger partial charge is 0.317 e. The molecule has 5 rings (SSSR count). The van der Waals surface area contributed by atoms with Crippen LogP contribution in [0.2, 0.25) is 0 Å². The van der Waals surface area contributed by atoms with Crippen molar-refractivity contribution in [2.45, 2.75) is 18.9 Å². The number of amides is 2. The number of rotatable bonds is 5. The topological polar surface area (TPSA) is 130 Å². The van der Waals surface area contributed by atoms with E-state index in [1.807, 2.05) is 25.1 Å². The fraction of sp³-hybridized carbons (Fsp3) is 0.273. The number of hydrogen-bond acceptors (Lipinski definition) is 7. The molecule has 1 aliphatic heterocycles. The van der Waals surface area contributed by atoms with E-state index in [0.717, 1.165) is 28.6 Å². The molecule has 0 aromatic carbocycles. The summed E-state index contributed by atoms with van der Waals surface area (Å²) < 4.78 is 18.4. The monoisotopic (exact) mass is 434 g/mol. The van der Waals surface area contributed by atoms with Gasteiger partial charge < -0.3 is 19.6 Å². The number of pyridine rings is 2. The lowest BCUT2D eigenvalue weighted by Gasteiger charge is -2.26. The van der Waals surface area contributed by atoms with Gasteiger partial charge >= 0.3 is 6.03 Å². The summed E-state index contributed by atoms with van der Waals surface area (Å²) in [4.78, 5) is 20.6. The van der Waals surface area contributed by atoms with E-state index >= 15 is 0 Å². The predicted molar refractivity (Wildman–Crippen MR) is 116 cm³/mol. The average Bonchev–Trinajstić information content (AvgIpc) is 3.52. The molecule has 2 amide bonds. The molecule has 0 unspecified atom stereocenters. The van der Waals surface area contributed by atoms with Crippen molar-refractivity contribution < 1.29 is 18.7 Å². The van der Waals surface area contributed by atoms with Crippen LogP contribution < -0.4 is 11.1 Å². The third kappa shape index (κ3) is 3.39. The first kappa shape index (κ1) is 20.2. The van der Waals surface area contributed by atoms with E-state index in [2.05, 4.69) is 10.3 Å². The van der Waals surface area contributed by atoms with E-state index in [-0.39, 0.29) is 0 Å². The highest BCUT2D eigenvalue weighted by Crippen LogP contribution is 2.35. The number of nitrogens with zero attached hydrogens (tertiary/aromatic N) is 4. The maximum Gasteiger partial charge on any atom is 0.317 e. The SMILES string of the molecule is CO[C@@]1(c2cc(C)cc(-n3nc(-c4ccoc4)c4cnc(NC(N)=O)cc43)n2)CCOC1. The molecule has 32 heavy (non-hydrogen) atoms. The highest BCUT2D eigenvalue weighted by molar-refractivity contribution is 5.96. The number of urea groups is 1. The largest absolute Gasteiger partial charge is 0.472 e. The van der Waals surface area contributed by atoms with Crippen LogP contribution in [0.3, 0.4) is 0 Å². The van der Waals surface area contributed by atoms with Gasteiger partial charge in [0, 0.05) is 43.4 Å². The van der Waals surface area contributed by atoms with Gasteiger partial charge in [0.2, 0.25) is 0 Å². The number of carbonyl (C=O) groups is 1. The predicted octanol–water partition coefficient (Wildman–Crippen LogP) is 3.14. The van der Waals surface area contributed by atoms with Crippen LogP contribution >= 0.6 is 0 Å². The van der Waals surface area contributed by atoms with Crippen molar-refractivity contribution in [2.75, 3.05) is 25.6 Å². The van der Waals surface area contributed by atoms with Crippen LogP contribution in [0.4, 0.5) is 10.6 Å². The zero-order valence-electron chi connectivity index (χ0n) is 17.7. The minimum Gasteiger partial charge on any atom is -0.472 e. The zero-order valence-corrected chi connectivity index (χ0v) is 17.7. The van der Waals surface area contributed by atoms with Gasteiger partial charge in [-0.2, -0.15) is 5.10 Å². The van der Waals surface area contributed by atoms with Crippen LogP contribution in [0.1, 0.15) is 17.7 Å². The second kappa shape index (κ2) is 7.74. The molecular weight excluding hydrogens is 412 g/mol. The van der Waals surface area contributed by atoms with Crippen molar-refractivity contribution in [3.8, 4) is 17.1 Å². The number of aromatic nitrogens is 4. The Labute approximate surface area is 183 Å². The van der Waals surface area contributed by atoms with Gasteiger partial charge in [-0.05, 0) is 30.7 Å². The Morgan fingerprint density at radius 3 is 2.91 bits per heavy atom. The highest BCUT2D eigenvalue weighted by atomic mass is 16.5. The van der Waals surface area contributed by atoms with Gasteiger partial charge in [-0.15, -0.1) is 0 Å². The standard InChI is InChI=1S/C22H22N6O4/c1-13-7-17(22(30-2)4-6-32-12-22)25-19(8-13)28-16-9-18(26-21(23)29)24-10-15(16)20(27-28)14-3-5-31-11-14/h3,5,7-11H,4,6,12H2,1-2H3,(H3,23,24,26,29)/t22-/m0/s1. The summed E-state index contributed by atoms with van der Waals surface area (Å²) in [5.74, 6) is 0.926. The first-order valence-electron chi connectivity index (χ1n) is 10.1. The molecule has 1 atom stereocenters. The summed E-state index contributed by atoms with van der Waals surface area (Å²) in [6, 6.07) is 6.79. The van der Waals surface area contributed by atoms with E-state index in [1.54, 1.807) is 36.6 Å². The van der Waals surface area contributed by atoms with Gasteiger partial charge in [-0.25, -0.2) is 19.4 Å². The number of aryl methyl sites for hydroxylation is 1. The van der Waals surface area contributed by atoms with E-state index in [9.17, 15) is 4.79 Å².